The summed E-state index contributed by atoms with van der Waals surface area (Å²) in [6.07, 6.45) is 3.10. The number of methoxy groups -OCH3 is 2. The lowest BCUT2D eigenvalue weighted by Crippen LogP contribution is -1.93. The van der Waals surface area contributed by atoms with Crippen molar-refractivity contribution < 1.29 is 14.3 Å². The first-order valence-corrected chi connectivity index (χ1v) is 5.06. The van der Waals surface area contributed by atoms with E-state index in [4.69, 9.17) is 21.1 Å². The van der Waals surface area contributed by atoms with Crippen molar-refractivity contribution >= 4 is 23.5 Å². The first-order valence-electron chi connectivity index (χ1n) is 4.68. The molecule has 0 unspecified atom stereocenters. The molecular formula is C12H13ClO3. The maximum atomic E-state index is 10.9. The molecule has 0 atom stereocenters. The average molecular weight is 241 g/mol. The van der Waals surface area contributed by atoms with E-state index >= 15 is 0 Å². The predicted octanol–water partition coefficient (Wildman–Crippen LogP) is 2.96. The van der Waals surface area contributed by atoms with Gasteiger partial charge in [0.05, 0.1) is 14.2 Å². The third-order valence-electron chi connectivity index (χ3n) is 1.97. The van der Waals surface area contributed by atoms with Crippen molar-refractivity contribution in [2.75, 3.05) is 14.2 Å². The Kier molecular flexibility index (Phi) is 4.38. The fraction of sp³-hybridized carbons (Fsp3) is 0.250. The van der Waals surface area contributed by atoms with Crippen LogP contribution in [0.4, 0.5) is 0 Å². The van der Waals surface area contributed by atoms with Crippen molar-refractivity contribution in [1.82, 2.24) is 0 Å². The normalized spacial score (nSPS) is 10.5. The summed E-state index contributed by atoms with van der Waals surface area (Å²) in [4.78, 5) is 10.9. The van der Waals surface area contributed by atoms with Gasteiger partial charge in [0.2, 0.25) is 0 Å². The number of hydrogen-bond acceptors (Lipinski definition) is 3. The van der Waals surface area contributed by atoms with Gasteiger partial charge < -0.3 is 9.47 Å². The molecular weight excluding hydrogens is 228 g/mol. The summed E-state index contributed by atoms with van der Waals surface area (Å²) in [5.41, 5.74) is 0.710. The quantitative estimate of drug-likeness (QED) is 0.759. The van der Waals surface area contributed by atoms with E-state index in [9.17, 15) is 4.79 Å². The summed E-state index contributed by atoms with van der Waals surface area (Å²) in [5.74, 6) is 1.06. The Balaban J connectivity index is 3.25. The first-order chi connectivity index (χ1) is 7.58. The Labute approximate surface area is 99.6 Å². The Bertz CT molecular complexity index is 425. The topological polar surface area (TPSA) is 35.5 Å². The molecule has 86 valence electrons. The summed E-state index contributed by atoms with van der Waals surface area (Å²) in [7, 11) is 3.07. The van der Waals surface area contributed by atoms with E-state index in [-0.39, 0.29) is 5.78 Å². The van der Waals surface area contributed by atoms with Crippen molar-refractivity contribution in [2.45, 2.75) is 6.92 Å². The highest BCUT2D eigenvalue weighted by Gasteiger charge is 2.09. The molecule has 4 heteroatoms. The van der Waals surface area contributed by atoms with Crippen LogP contribution in [0.5, 0.6) is 11.5 Å². The van der Waals surface area contributed by atoms with Gasteiger partial charge in [0, 0.05) is 16.7 Å². The second-order valence-electron chi connectivity index (χ2n) is 3.17. The third kappa shape index (κ3) is 3.00. The van der Waals surface area contributed by atoms with E-state index in [1.54, 1.807) is 18.2 Å². The molecule has 0 heterocycles. The van der Waals surface area contributed by atoms with Gasteiger partial charge in [0.15, 0.2) is 17.3 Å². The number of rotatable bonds is 4. The number of hydrogen-bond donors (Lipinski definition) is 0. The first kappa shape index (κ1) is 12.6. The van der Waals surface area contributed by atoms with E-state index in [2.05, 4.69) is 0 Å². The molecule has 0 amide bonds. The van der Waals surface area contributed by atoms with E-state index in [0.29, 0.717) is 22.1 Å². The van der Waals surface area contributed by atoms with Gasteiger partial charge in [-0.1, -0.05) is 11.6 Å². The lowest BCUT2D eigenvalue weighted by molar-refractivity contribution is -0.112. The number of ether oxygens (including phenoxy) is 2. The average Bonchev–Trinajstić information content (AvgIpc) is 2.25. The van der Waals surface area contributed by atoms with Crippen LogP contribution in [0.1, 0.15) is 12.5 Å². The van der Waals surface area contributed by atoms with Crippen LogP contribution in [0, 0.1) is 0 Å². The van der Waals surface area contributed by atoms with Gasteiger partial charge in [-0.25, -0.2) is 0 Å². The molecule has 0 radical (unpaired) electrons. The van der Waals surface area contributed by atoms with Crippen molar-refractivity contribution in [3.63, 3.8) is 0 Å². The molecule has 1 aromatic rings. The van der Waals surface area contributed by atoms with Gasteiger partial charge in [0.1, 0.15) is 0 Å². The summed E-state index contributed by atoms with van der Waals surface area (Å²) in [6, 6.07) is 3.37. The van der Waals surface area contributed by atoms with Crippen molar-refractivity contribution in [3.8, 4) is 11.5 Å². The van der Waals surface area contributed by atoms with Crippen LogP contribution in [-0.4, -0.2) is 20.0 Å². The largest absolute Gasteiger partial charge is 0.493 e. The van der Waals surface area contributed by atoms with Gasteiger partial charge in [-0.2, -0.15) is 0 Å². The second-order valence-corrected chi connectivity index (χ2v) is 3.61. The molecule has 0 saturated carbocycles. The summed E-state index contributed by atoms with van der Waals surface area (Å²) >= 11 is 5.92. The zero-order valence-corrected chi connectivity index (χ0v) is 10.2. The van der Waals surface area contributed by atoms with Gasteiger partial charge in [-0.3, -0.25) is 4.79 Å². The summed E-state index contributed by atoms with van der Waals surface area (Å²) in [5, 5.41) is 0.529. The molecule has 0 aliphatic carbocycles. The lowest BCUT2D eigenvalue weighted by Gasteiger charge is -2.10. The second kappa shape index (κ2) is 5.56. The number of halogens is 1. The number of carbonyl (C=O) groups is 1. The molecule has 0 N–H and O–H groups in total. The monoisotopic (exact) mass is 240 g/mol. The molecule has 3 nitrogen and oxygen atoms in total. The molecule has 16 heavy (non-hydrogen) atoms. The Morgan fingerprint density at radius 2 is 2.00 bits per heavy atom. The molecule has 0 aliphatic heterocycles. The molecule has 0 aromatic heterocycles. The minimum Gasteiger partial charge on any atom is -0.493 e. The lowest BCUT2D eigenvalue weighted by atomic mass is 10.1. The van der Waals surface area contributed by atoms with Crippen LogP contribution in [0.15, 0.2) is 18.2 Å². The number of carbonyl (C=O) groups excluding carboxylic acids is 1. The number of ketones is 1. The summed E-state index contributed by atoms with van der Waals surface area (Å²) < 4.78 is 10.3. The molecule has 0 fully saturated rings. The van der Waals surface area contributed by atoms with Gasteiger partial charge in [-0.15, -0.1) is 0 Å². The van der Waals surface area contributed by atoms with Gasteiger partial charge in [0.25, 0.3) is 0 Å². The van der Waals surface area contributed by atoms with Crippen LogP contribution in [0.2, 0.25) is 5.02 Å². The minimum absolute atomic E-state index is 0.0407. The zero-order valence-electron chi connectivity index (χ0n) is 9.41. The van der Waals surface area contributed by atoms with Crippen LogP contribution in [0.25, 0.3) is 6.08 Å². The molecule has 1 rings (SSSR count). The minimum atomic E-state index is -0.0407. The Morgan fingerprint density at radius 1 is 1.31 bits per heavy atom. The standard InChI is InChI=1S/C12H13ClO3/c1-8(14)4-5-9-6-10(13)7-11(15-2)12(9)16-3/h4-7H,1-3H3/b5-4+. The number of benzene rings is 1. The van der Waals surface area contributed by atoms with E-state index < -0.39 is 0 Å². The van der Waals surface area contributed by atoms with E-state index in [1.165, 1.54) is 27.2 Å². The van der Waals surface area contributed by atoms with Gasteiger partial charge in [-0.05, 0) is 25.1 Å². The van der Waals surface area contributed by atoms with Crippen LogP contribution in [-0.2, 0) is 4.79 Å². The van der Waals surface area contributed by atoms with Crippen LogP contribution in [0.3, 0.4) is 0 Å². The fourth-order valence-corrected chi connectivity index (χ4v) is 1.51. The molecule has 0 saturated heterocycles. The van der Waals surface area contributed by atoms with Crippen molar-refractivity contribution in [3.05, 3.63) is 28.8 Å². The summed E-state index contributed by atoms with van der Waals surface area (Å²) in [6.45, 7) is 1.48. The van der Waals surface area contributed by atoms with E-state index in [0.717, 1.165) is 0 Å². The highest BCUT2D eigenvalue weighted by atomic mass is 35.5. The highest BCUT2D eigenvalue weighted by molar-refractivity contribution is 6.31. The SMILES string of the molecule is COc1cc(Cl)cc(/C=C/C(C)=O)c1OC. The third-order valence-corrected chi connectivity index (χ3v) is 2.19. The highest BCUT2D eigenvalue weighted by Crippen LogP contribution is 2.35. The van der Waals surface area contributed by atoms with Crippen LogP contribution >= 0.6 is 11.6 Å². The Morgan fingerprint density at radius 3 is 2.50 bits per heavy atom. The molecule has 0 bridgehead atoms. The molecule has 1 aromatic carbocycles. The van der Waals surface area contributed by atoms with Crippen LogP contribution < -0.4 is 9.47 Å². The Hall–Kier alpha value is -1.48. The number of allylic oxidation sites excluding steroid dienone is 1. The van der Waals surface area contributed by atoms with E-state index in [1.807, 2.05) is 0 Å². The zero-order chi connectivity index (χ0) is 12.1. The molecule has 0 aliphatic rings. The maximum Gasteiger partial charge on any atom is 0.168 e. The van der Waals surface area contributed by atoms with Gasteiger partial charge >= 0.3 is 0 Å². The van der Waals surface area contributed by atoms with Crippen molar-refractivity contribution in [1.29, 1.82) is 0 Å². The smallest absolute Gasteiger partial charge is 0.168 e. The maximum absolute atomic E-state index is 10.9. The molecule has 0 spiro atoms. The fourth-order valence-electron chi connectivity index (χ4n) is 1.29. The van der Waals surface area contributed by atoms with Crippen molar-refractivity contribution in [2.24, 2.45) is 0 Å². The predicted molar refractivity (Wildman–Crippen MR) is 64.3 cm³/mol.